The van der Waals surface area contributed by atoms with Gasteiger partial charge in [0.15, 0.2) is 0 Å². The maximum absolute atomic E-state index is 11.0. The molecule has 1 aromatic rings. The molecule has 0 atom stereocenters. The van der Waals surface area contributed by atoms with Crippen LogP contribution in [-0.2, 0) is 13.5 Å². The zero-order valence-corrected chi connectivity index (χ0v) is 8.66. The van der Waals surface area contributed by atoms with Crippen LogP contribution in [0.4, 0.5) is 0 Å². The minimum absolute atomic E-state index is 0.0232. The first kappa shape index (κ1) is 10.8. The molecule has 1 heterocycles. The van der Waals surface area contributed by atoms with Gasteiger partial charge < -0.3 is 14.8 Å². The highest BCUT2D eigenvalue weighted by Crippen LogP contribution is 2.21. The molecule has 14 heavy (non-hydrogen) atoms. The van der Waals surface area contributed by atoms with Crippen molar-refractivity contribution in [3.63, 3.8) is 0 Å². The van der Waals surface area contributed by atoms with Crippen LogP contribution in [0.2, 0.25) is 0 Å². The van der Waals surface area contributed by atoms with Crippen LogP contribution in [0.5, 0.6) is 0 Å². The van der Waals surface area contributed by atoms with Crippen molar-refractivity contribution in [3.05, 3.63) is 22.5 Å². The van der Waals surface area contributed by atoms with Gasteiger partial charge in [-0.3, -0.25) is 0 Å². The summed E-state index contributed by atoms with van der Waals surface area (Å²) in [5.41, 5.74) is 2.92. The van der Waals surface area contributed by atoms with Gasteiger partial charge in [0.2, 0.25) is 0 Å². The molecule has 0 radical (unpaired) electrons. The van der Waals surface area contributed by atoms with E-state index in [-0.39, 0.29) is 12.3 Å². The molecule has 0 aliphatic carbocycles. The number of carboxylic acids is 1. The summed E-state index contributed by atoms with van der Waals surface area (Å²) in [5, 5.41) is 17.9. The Bertz CT molecular complexity index is 366. The lowest BCUT2D eigenvalue weighted by Crippen LogP contribution is -2.08. The second kappa shape index (κ2) is 3.84. The average Bonchev–Trinajstić information content (AvgIpc) is 2.32. The third-order valence-electron chi connectivity index (χ3n) is 2.68. The Morgan fingerprint density at radius 3 is 2.43 bits per heavy atom. The predicted molar refractivity (Wildman–Crippen MR) is 52.6 cm³/mol. The highest BCUT2D eigenvalue weighted by atomic mass is 16.4. The number of nitrogens with zero attached hydrogens (tertiary/aromatic N) is 1. The fourth-order valence-corrected chi connectivity index (χ4v) is 1.71. The van der Waals surface area contributed by atoms with Gasteiger partial charge in [-0.05, 0) is 31.4 Å². The summed E-state index contributed by atoms with van der Waals surface area (Å²) in [6.45, 7) is 3.74. The molecule has 4 nitrogen and oxygen atoms in total. The third-order valence-corrected chi connectivity index (χ3v) is 2.68. The standard InChI is InChI=1S/C10H15NO3/c1-6-7(2)11(3)9(10(13)14)8(6)4-5-12/h12H,4-5H2,1-3H3,(H,13,14). The van der Waals surface area contributed by atoms with Crippen LogP contribution in [0.15, 0.2) is 0 Å². The Morgan fingerprint density at radius 1 is 1.43 bits per heavy atom. The van der Waals surface area contributed by atoms with Gasteiger partial charge in [0, 0.05) is 19.3 Å². The summed E-state index contributed by atoms with van der Waals surface area (Å²) in [7, 11) is 1.73. The van der Waals surface area contributed by atoms with Crippen LogP contribution in [0.25, 0.3) is 0 Å². The highest BCUT2D eigenvalue weighted by Gasteiger charge is 2.19. The monoisotopic (exact) mass is 197 g/mol. The summed E-state index contributed by atoms with van der Waals surface area (Å²) in [5.74, 6) is -0.938. The molecule has 0 aliphatic rings. The molecule has 4 heteroatoms. The van der Waals surface area contributed by atoms with Gasteiger partial charge in [0.05, 0.1) is 0 Å². The van der Waals surface area contributed by atoms with Crippen LogP contribution in [0.3, 0.4) is 0 Å². The maximum atomic E-state index is 11.0. The molecular weight excluding hydrogens is 182 g/mol. The lowest BCUT2D eigenvalue weighted by Gasteiger charge is -2.01. The van der Waals surface area contributed by atoms with E-state index in [1.54, 1.807) is 11.6 Å². The van der Waals surface area contributed by atoms with Crippen LogP contribution < -0.4 is 0 Å². The first-order chi connectivity index (χ1) is 6.50. The second-order valence-electron chi connectivity index (χ2n) is 3.38. The number of rotatable bonds is 3. The van der Waals surface area contributed by atoms with E-state index >= 15 is 0 Å². The van der Waals surface area contributed by atoms with E-state index < -0.39 is 5.97 Å². The normalized spacial score (nSPS) is 10.6. The molecule has 78 valence electrons. The molecule has 0 saturated heterocycles. The number of carbonyl (C=O) groups is 1. The molecule has 1 rings (SSSR count). The molecule has 0 aliphatic heterocycles. The minimum Gasteiger partial charge on any atom is -0.477 e. The number of aliphatic hydroxyl groups is 1. The Kier molecular flexibility index (Phi) is 2.96. The van der Waals surface area contributed by atoms with Crippen LogP contribution >= 0.6 is 0 Å². The van der Waals surface area contributed by atoms with Gasteiger partial charge in [0.1, 0.15) is 5.69 Å². The summed E-state index contributed by atoms with van der Waals surface area (Å²) < 4.78 is 1.66. The Morgan fingerprint density at radius 2 is 2.00 bits per heavy atom. The molecule has 0 saturated carbocycles. The molecule has 1 aromatic heterocycles. The van der Waals surface area contributed by atoms with Crippen LogP contribution in [0, 0.1) is 13.8 Å². The van der Waals surface area contributed by atoms with E-state index in [1.165, 1.54) is 0 Å². The zero-order chi connectivity index (χ0) is 10.9. The third kappa shape index (κ3) is 1.53. The zero-order valence-electron chi connectivity index (χ0n) is 8.66. The predicted octanol–water partition coefficient (Wildman–Crippen LogP) is 0.875. The van der Waals surface area contributed by atoms with Crippen molar-refractivity contribution in [2.24, 2.45) is 7.05 Å². The number of aromatic nitrogens is 1. The van der Waals surface area contributed by atoms with Gasteiger partial charge in [-0.15, -0.1) is 0 Å². The topological polar surface area (TPSA) is 62.5 Å². The van der Waals surface area contributed by atoms with Gasteiger partial charge in [0.25, 0.3) is 0 Å². The molecule has 0 bridgehead atoms. The average molecular weight is 197 g/mol. The van der Waals surface area contributed by atoms with Gasteiger partial charge in [-0.2, -0.15) is 0 Å². The number of aromatic carboxylic acids is 1. The SMILES string of the molecule is Cc1c(CCO)c(C(=O)O)n(C)c1C. The number of carboxylic acid groups (broad SMARTS) is 1. The van der Waals surface area contributed by atoms with Gasteiger partial charge in [-0.1, -0.05) is 0 Å². The summed E-state index contributed by atoms with van der Waals surface area (Å²) >= 11 is 0. The van der Waals surface area contributed by atoms with E-state index in [0.29, 0.717) is 6.42 Å². The smallest absolute Gasteiger partial charge is 0.352 e. The molecule has 0 amide bonds. The Balaban J connectivity index is 3.37. The number of hydrogen-bond acceptors (Lipinski definition) is 2. The van der Waals surface area contributed by atoms with Crippen molar-refractivity contribution < 1.29 is 15.0 Å². The van der Waals surface area contributed by atoms with E-state index in [4.69, 9.17) is 10.2 Å². The summed E-state index contributed by atoms with van der Waals surface area (Å²) in [6, 6.07) is 0. The quantitative estimate of drug-likeness (QED) is 0.756. The summed E-state index contributed by atoms with van der Waals surface area (Å²) in [6.07, 6.45) is 0.398. The largest absolute Gasteiger partial charge is 0.477 e. The fourth-order valence-electron chi connectivity index (χ4n) is 1.71. The van der Waals surface area contributed by atoms with Crippen molar-refractivity contribution in [2.45, 2.75) is 20.3 Å². The molecule has 0 unspecified atom stereocenters. The fraction of sp³-hybridized carbons (Fsp3) is 0.500. The van der Waals surface area contributed by atoms with Crippen LogP contribution in [0.1, 0.15) is 27.3 Å². The molecular formula is C10H15NO3. The van der Waals surface area contributed by atoms with E-state index in [1.807, 2.05) is 13.8 Å². The van der Waals surface area contributed by atoms with Crippen molar-refractivity contribution >= 4 is 5.97 Å². The number of aliphatic hydroxyl groups excluding tert-OH is 1. The van der Waals surface area contributed by atoms with Crippen molar-refractivity contribution in [1.82, 2.24) is 4.57 Å². The lowest BCUT2D eigenvalue weighted by molar-refractivity contribution is 0.0685. The second-order valence-corrected chi connectivity index (χ2v) is 3.38. The van der Waals surface area contributed by atoms with Gasteiger partial charge >= 0.3 is 5.97 Å². The summed E-state index contributed by atoms with van der Waals surface area (Å²) in [4.78, 5) is 11.0. The van der Waals surface area contributed by atoms with E-state index in [0.717, 1.165) is 16.8 Å². The lowest BCUT2D eigenvalue weighted by atomic mass is 10.1. The van der Waals surface area contributed by atoms with Crippen LogP contribution in [-0.4, -0.2) is 27.4 Å². The Labute approximate surface area is 82.8 Å². The number of hydrogen-bond donors (Lipinski definition) is 2. The molecule has 0 aromatic carbocycles. The molecule has 2 N–H and O–H groups in total. The maximum Gasteiger partial charge on any atom is 0.352 e. The highest BCUT2D eigenvalue weighted by molar-refractivity contribution is 5.88. The first-order valence-corrected chi connectivity index (χ1v) is 4.49. The van der Waals surface area contributed by atoms with Gasteiger partial charge in [-0.25, -0.2) is 4.79 Å². The van der Waals surface area contributed by atoms with Crippen molar-refractivity contribution in [3.8, 4) is 0 Å². The minimum atomic E-state index is -0.938. The molecule has 0 fully saturated rings. The van der Waals surface area contributed by atoms with E-state index in [2.05, 4.69) is 0 Å². The van der Waals surface area contributed by atoms with Crippen molar-refractivity contribution in [2.75, 3.05) is 6.61 Å². The van der Waals surface area contributed by atoms with E-state index in [9.17, 15) is 4.79 Å². The molecule has 0 spiro atoms. The first-order valence-electron chi connectivity index (χ1n) is 4.49. The van der Waals surface area contributed by atoms with Crippen molar-refractivity contribution in [1.29, 1.82) is 0 Å². The Hall–Kier alpha value is -1.29.